The van der Waals surface area contributed by atoms with Gasteiger partial charge in [0.05, 0.1) is 5.54 Å². The van der Waals surface area contributed by atoms with Crippen LogP contribution in [0.2, 0.25) is 0 Å². The lowest BCUT2D eigenvalue weighted by Gasteiger charge is -2.34. The van der Waals surface area contributed by atoms with Crippen LogP contribution in [0.4, 0.5) is 5.69 Å². The number of nitrogens with two attached hydrogens (primary N) is 1. The highest BCUT2D eigenvalue weighted by atomic mass is 35.5. The molecular weight excluding hydrogens is 396 g/mol. The van der Waals surface area contributed by atoms with Gasteiger partial charge in [0.25, 0.3) is 15.9 Å². The second-order valence-corrected chi connectivity index (χ2v) is 8.90. The van der Waals surface area contributed by atoms with Crippen LogP contribution >= 0.6 is 23.7 Å². The van der Waals surface area contributed by atoms with E-state index in [0.717, 1.165) is 19.3 Å². The summed E-state index contributed by atoms with van der Waals surface area (Å²) < 4.78 is 32.5. The van der Waals surface area contributed by atoms with Crippen molar-refractivity contribution in [3.05, 3.63) is 47.6 Å². The van der Waals surface area contributed by atoms with Crippen molar-refractivity contribution in [3.8, 4) is 11.5 Å². The number of sulfonamides is 1. The molecule has 2 heterocycles. The number of rotatable bonds is 5. The van der Waals surface area contributed by atoms with Gasteiger partial charge in [-0.05, 0) is 55.0 Å². The molecule has 0 saturated heterocycles. The Bertz CT molecular complexity index is 981. The smallest absolute Gasteiger partial charge is 0.271 e. The molecule has 0 amide bonds. The van der Waals surface area contributed by atoms with Crippen molar-refractivity contribution in [2.24, 2.45) is 5.73 Å². The average molecular weight is 413 g/mol. The number of nitrogens with one attached hydrogen (secondary N) is 1. The molecule has 0 unspecified atom stereocenters. The Hall–Kier alpha value is -1.94. The Kier molecular flexibility index (Phi) is 5.07. The van der Waals surface area contributed by atoms with E-state index in [1.807, 2.05) is 0 Å². The van der Waals surface area contributed by atoms with Gasteiger partial charge in [0.15, 0.2) is 5.82 Å². The van der Waals surface area contributed by atoms with E-state index in [1.54, 1.807) is 41.8 Å². The minimum absolute atomic E-state index is 0. The Morgan fingerprint density at radius 1 is 1.19 bits per heavy atom. The molecule has 3 N–H and O–H groups in total. The molecule has 2 aromatic heterocycles. The van der Waals surface area contributed by atoms with Gasteiger partial charge in [0, 0.05) is 11.3 Å². The molecular formula is C16H17ClN4O3S2. The predicted octanol–water partition coefficient (Wildman–Crippen LogP) is 3.36. The molecule has 0 radical (unpaired) electrons. The van der Waals surface area contributed by atoms with Gasteiger partial charge in [-0.2, -0.15) is 4.98 Å². The van der Waals surface area contributed by atoms with Gasteiger partial charge in [-0.1, -0.05) is 11.2 Å². The Morgan fingerprint density at radius 2 is 1.92 bits per heavy atom. The number of hydrogen-bond acceptors (Lipinski definition) is 7. The molecule has 1 aliphatic rings. The number of halogens is 1. The minimum atomic E-state index is -3.56. The highest BCUT2D eigenvalue weighted by Crippen LogP contribution is 2.37. The Morgan fingerprint density at radius 3 is 2.50 bits per heavy atom. The van der Waals surface area contributed by atoms with Crippen LogP contribution in [0.3, 0.4) is 0 Å². The standard InChI is InChI=1S/C16H16N4O3S2.ClH/c17-16(8-2-9-16)15-18-14(23-19-15)11-4-6-12(7-5-11)20-25(21,22)13-3-1-10-24-13;/h1,3-7,10,20H,2,8-9,17H2;1H. The Balaban J connectivity index is 0.00000196. The minimum Gasteiger partial charge on any atom is -0.334 e. The summed E-state index contributed by atoms with van der Waals surface area (Å²) in [5.41, 5.74) is 6.89. The SMILES string of the molecule is Cl.NC1(c2noc(-c3ccc(NS(=O)(=O)c4cccs4)cc3)n2)CCC1. The molecule has 4 rings (SSSR count). The van der Waals surface area contributed by atoms with Gasteiger partial charge < -0.3 is 10.3 Å². The van der Waals surface area contributed by atoms with Crippen molar-refractivity contribution >= 4 is 39.5 Å². The summed E-state index contributed by atoms with van der Waals surface area (Å²) in [5, 5.41) is 5.70. The predicted molar refractivity (Wildman–Crippen MR) is 102 cm³/mol. The number of thiophene rings is 1. The Labute approximate surface area is 161 Å². The van der Waals surface area contributed by atoms with Crippen molar-refractivity contribution in [3.63, 3.8) is 0 Å². The normalized spacial score (nSPS) is 15.7. The highest BCUT2D eigenvalue weighted by molar-refractivity contribution is 7.94. The van der Waals surface area contributed by atoms with Gasteiger partial charge >= 0.3 is 0 Å². The quantitative estimate of drug-likeness (QED) is 0.664. The summed E-state index contributed by atoms with van der Waals surface area (Å²) in [6.45, 7) is 0. The molecule has 0 spiro atoms. The van der Waals surface area contributed by atoms with Gasteiger partial charge in [0.1, 0.15) is 4.21 Å². The molecule has 7 nitrogen and oxygen atoms in total. The fraction of sp³-hybridized carbons (Fsp3) is 0.250. The topological polar surface area (TPSA) is 111 Å². The number of anilines is 1. The number of aromatic nitrogens is 2. The average Bonchev–Trinajstić information content (AvgIpc) is 3.25. The molecule has 1 saturated carbocycles. The summed E-state index contributed by atoms with van der Waals surface area (Å²) >= 11 is 1.17. The lowest BCUT2D eigenvalue weighted by atomic mass is 9.77. The molecule has 1 aliphatic carbocycles. The molecule has 26 heavy (non-hydrogen) atoms. The zero-order valence-corrected chi connectivity index (χ0v) is 16.0. The van der Waals surface area contributed by atoms with E-state index in [-0.39, 0.29) is 16.6 Å². The van der Waals surface area contributed by atoms with Crippen molar-refractivity contribution in [2.45, 2.75) is 29.0 Å². The molecule has 10 heteroatoms. The van der Waals surface area contributed by atoms with Crippen molar-refractivity contribution in [1.82, 2.24) is 10.1 Å². The van der Waals surface area contributed by atoms with E-state index in [4.69, 9.17) is 10.3 Å². The number of benzene rings is 1. The number of nitrogens with zero attached hydrogens (tertiary/aromatic N) is 2. The molecule has 0 atom stereocenters. The molecule has 0 bridgehead atoms. The summed E-state index contributed by atoms with van der Waals surface area (Å²) in [6, 6.07) is 10.0. The van der Waals surface area contributed by atoms with Crippen LogP contribution in [-0.2, 0) is 15.6 Å². The second kappa shape index (κ2) is 6.99. The van der Waals surface area contributed by atoms with E-state index in [9.17, 15) is 8.42 Å². The highest BCUT2D eigenvalue weighted by Gasteiger charge is 2.39. The van der Waals surface area contributed by atoms with Crippen LogP contribution in [0.25, 0.3) is 11.5 Å². The fourth-order valence-corrected chi connectivity index (χ4v) is 4.68. The lowest BCUT2D eigenvalue weighted by Crippen LogP contribution is -2.44. The molecule has 138 valence electrons. The summed E-state index contributed by atoms with van der Waals surface area (Å²) in [5.74, 6) is 0.899. The first kappa shape index (κ1) is 18.8. The van der Waals surface area contributed by atoms with Crippen LogP contribution in [0.15, 0.2) is 50.5 Å². The maximum atomic E-state index is 12.2. The first-order chi connectivity index (χ1) is 12.0. The zero-order valence-electron chi connectivity index (χ0n) is 13.6. The van der Waals surface area contributed by atoms with E-state index >= 15 is 0 Å². The van der Waals surface area contributed by atoms with Crippen LogP contribution in [0.1, 0.15) is 25.1 Å². The third kappa shape index (κ3) is 3.48. The van der Waals surface area contributed by atoms with Gasteiger partial charge in [-0.3, -0.25) is 4.72 Å². The van der Waals surface area contributed by atoms with Crippen molar-refractivity contribution < 1.29 is 12.9 Å². The van der Waals surface area contributed by atoms with Gasteiger partial charge in [-0.15, -0.1) is 23.7 Å². The summed E-state index contributed by atoms with van der Waals surface area (Å²) in [6.07, 6.45) is 2.78. The maximum absolute atomic E-state index is 12.2. The zero-order chi connectivity index (χ0) is 17.5. The molecule has 1 fully saturated rings. The lowest BCUT2D eigenvalue weighted by molar-refractivity contribution is 0.229. The third-order valence-corrected chi connectivity index (χ3v) is 7.04. The monoisotopic (exact) mass is 412 g/mol. The first-order valence-corrected chi connectivity index (χ1v) is 10.1. The second-order valence-electron chi connectivity index (χ2n) is 6.05. The third-order valence-electron chi connectivity index (χ3n) is 4.26. The first-order valence-electron chi connectivity index (χ1n) is 7.76. The molecule has 3 aromatic rings. The fourth-order valence-electron chi connectivity index (χ4n) is 2.63. The van der Waals surface area contributed by atoms with Gasteiger partial charge in [-0.25, -0.2) is 8.42 Å². The van der Waals surface area contributed by atoms with Crippen molar-refractivity contribution in [2.75, 3.05) is 4.72 Å². The van der Waals surface area contributed by atoms with Gasteiger partial charge in [0.2, 0.25) is 0 Å². The summed E-state index contributed by atoms with van der Waals surface area (Å²) in [4.78, 5) is 4.38. The largest absolute Gasteiger partial charge is 0.334 e. The van der Waals surface area contributed by atoms with Crippen LogP contribution in [0.5, 0.6) is 0 Å². The molecule has 1 aromatic carbocycles. The maximum Gasteiger partial charge on any atom is 0.271 e. The number of hydrogen-bond donors (Lipinski definition) is 2. The van der Waals surface area contributed by atoms with Crippen molar-refractivity contribution in [1.29, 1.82) is 0 Å². The van der Waals surface area contributed by atoms with Crippen LogP contribution < -0.4 is 10.5 Å². The van der Waals surface area contributed by atoms with E-state index in [1.165, 1.54) is 11.3 Å². The molecule has 0 aliphatic heterocycles. The summed E-state index contributed by atoms with van der Waals surface area (Å²) in [7, 11) is -3.56. The van der Waals surface area contributed by atoms with E-state index in [0.29, 0.717) is 23.0 Å². The van der Waals surface area contributed by atoms with E-state index < -0.39 is 15.6 Å². The van der Waals surface area contributed by atoms with Crippen LogP contribution in [0, 0.1) is 0 Å². The van der Waals surface area contributed by atoms with E-state index in [2.05, 4.69) is 14.9 Å². The van der Waals surface area contributed by atoms with Crippen LogP contribution in [-0.4, -0.2) is 18.6 Å².